The molecule has 3 aromatic rings. The summed E-state index contributed by atoms with van der Waals surface area (Å²) in [4.78, 5) is 14.0. The minimum atomic E-state index is 0.344. The number of fused-ring (bicyclic) bond motifs is 1. The lowest BCUT2D eigenvalue weighted by Gasteiger charge is -2.36. The molecule has 3 heterocycles. The molecule has 1 fully saturated rings. The number of hydrogen-bond acceptors (Lipinski definition) is 4. The average Bonchev–Trinajstić information content (AvgIpc) is 2.97. The van der Waals surface area contributed by atoms with Gasteiger partial charge in [-0.25, -0.2) is 4.98 Å². The molecule has 2 aromatic heterocycles. The summed E-state index contributed by atoms with van der Waals surface area (Å²) in [6.07, 6.45) is 4.84. The van der Waals surface area contributed by atoms with Crippen LogP contribution in [-0.2, 0) is 0 Å². The minimum Gasteiger partial charge on any atom is -0.353 e. The van der Waals surface area contributed by atoms with E-state index in [9.17, 15) is 0 Å². The second kappa shape index (κ2) is 7.45. The molecule has 0 radical (unpaired) electrons. The third-order valence-corrected chi connectivity index (χ3v) is 6.88. The number of rotatable bonds is 3. The molecule has 1 atom stereocenters. The molecule has 0 spiro atoms. The van der Waals surface area contributed by atoms with Crippen molar-refractivity contribution in [1.82, 2.24) is 9.97 Å². The Bertz CT molecular complexity index is 938. The molecule has 1 unspecified atom stereocenters. The van der Waals surface area contributed by atoms with Gasteiger partial charge in [0.1, 0.15) is 10.6 Å². The Morgan fingerprint density at radius 1 is 1.23 bits per heavy atom. The SMILES string of the molecule is CCC1CCCCN1c1nc(Cl)nc2sc(C)c(-c3ccc(Br)cc3)c12. The third kappa shape index (κ3) is 3.25. The molecular weight excluding hydrogens is 430 g/mol. The number of nitrogens with zero attached hydrogens (tertiary/aromatic N) is 3. The van der Waals surface area contributed by atoms with Gasteiger partial charge >= 0.3 is 0 Å². The molecule has 1 saturated heterocycles. The fourth-order valence-electron chi connectivity index (χ4n) is 3.94. The monoisotopic (exact) mass is 449 g/mol. The van der Waals surface area contributed by atoms with Gasteiger partial charge in [0.25, 0.3) is 0 Å². The molecule has 136 valence electrons. The van der Waals surface area contributed by atoms with Crippen molar-refractivity contribution in [3.8, 4) is 11.1 Å². The lowest BCUT2D eigenvalue weighted by molar-refractivity contribution is 0.448. The van der Waals surface area contributed by atoms with E-state index in [4.69, 9.17) is 16.6 Å². The molecule has 0 bridgehead atoms. The van der Waals surface area contributed by atoms with E-state index in [0.717, 1.165) is 33.5 Å². The zero-order valence-corrected chi connectivity index (χ0v) is 18.1. The van der Waals surface area contributed by atoms with Gasteiger partial charge < -0.3 is 4.90 Å². The predicted octanol–water partition coefficient (Wildman–Crippen LogP) is 6.85. The number of anilines is 1. The van der Waals surface area contributed by atoms with Crippen molar-refractivity contribution < 1.29 is 0 Å². The van der Waals surface area contributed by atoms with Crippen LogP contribution in [0.3, 0.4) is 0 Å². The zero-order chi connectivity index (χ0) is 18.3. The molecule has 1 aliphatic rings. The normalized spacial score (nSPS) is 17.8. The van der Waals surface area contributed by atoms with Gasteiger partial charge in [0, 0.05) is 27.5 Å². The predicted molar refractivity (Wildman–Crippen MR) is 116 cm³/mol. The Balaban J connectivity index is 1.96. The van der Waals surface area contributed by atoms with E-state index in [1.807, 2.05) is 0 Å². The quantitative estimate of drug-likeness (QED) is 0.408. The van der Waals surface area contributed by atoms with Crippen molar-refractivity contribution >= 4 is 54.9 Å². The fraction of sp³-hybridized carbons (Fsp3) is 0.400. The van der Waals surface area contributed by atoms with Crippen LogP contribution < -0.4 is 4.90 Å². The lowest BCUT2D eigenvalue weighted by Crippen LogP contribution is -2.39. The molecule has 0 N–H and O–H groups in total. The average molecular weight is 451 g/mol. The summed E-state index contributed by atoms with van der Waals surface area (Å²) in [6.45, 7) is 5.46. The topological polar surface area (TPSA) is 29.0 Å². The number of piperidine rings is 1. The number of benzene rings is 1. The number of halogens is 2. The highest BCUT2D eigenvalue weighted by Crippen LogP contribution is 2.43. The fourth-order valence-corrected chi connectivity index (χ4v) is 5.46. The van der Waals surface area contributed by atoms with Gasteiger partial charge in [-0.1, -0.05) is 35.0 Å². The maximum atomic E-state index is 6.31. The van der Waals surface area contributed by atoms with E-state index in [1.54, 1.807) is 11.3 Å². The zero-order valence-electron chi connectivity index (χ0n) is 14.9. The standard InChI is InChI=1S/C20H21BrClN3S/c1-3-15-6-4-5-11-25(15)18-17-16(13-7-9-14(21)10-8-13)12(2)26-19(17)24-20(22)23-18/h7-10,15H,3-6,11H2,1-2H3. The summed E-state index contributed by atoms with van der Waals surface area (Å²) in [5.74, 6) is 1.01. The largest absolute Gasteiger partial charge is 0.353 e. The minimum absolute atomic E-state index is 0.344. The van der Waals surface area contributed by atoms with Crippen molar-refractivity contribution in [2.45, 2.75) is 45.6 Å². The first kappa shape index (κ1) is 18.2. The van der Waals surface area contributed by atoms with Crippen molar-refractivity contribution in [3.05, 3.63) is 38.9 Å². The Morgan fingerprint density at radius 2 is 2.00 bits per heavy atom. The number of aromatic nitrogens is 2. The third-order valence-electron chi connectivity index (χ3n) is 5.18. The summed E-state index contributed by atoms with van der Waals surface area (Å²) in [5.41, 5.74) is 2.44. The van der Waals surface area contributed by atoms with Crippen LogP contribution in [0, 0.1) is 6.92 Å². The van der Waals surface area contributed by atoms with Gasteiger partial charge in [-0.05, 0) is 61.9 Å². The van der Waals surface area contributed by atoms with Gasteiger partial charge in [-0.2, -0.15) is 4.98 Å². The Kier molecular flexibility index (Phi) is 5.22. The van der Waals surface area contributed by atoms with Crippen LogP contribution in [0.4, 0.5) is 5.82 Å². The van der Waals surface area contributed by atoms with Crippen LogP contribution in [0.25, 0.3) is 21.3 Å². The van der Waals surface area contributed by atoms with E-state index in [0.29, 0.717) is 11.3 Å². The Labute approximate surface area is 171 Å². The molecule has 0 aliphatic carbocycles. The summed E-state index contributed by atoms with van der Waals surface area (Å²) in [7, 11) is 0. The first-order valence-corrected chi connectivity index (χ1v) is 11.1. The van der Waals surface area contributed by atoms with Gasteiger partial charge in [0.2, 0.25) is 5.28 Å². The second-order valence-corrected chi connectivity index (χ2v) is 9.24. The van der Waals surface area contributed by atoms with Crippen LogP contribution in [0.1, 0.15) is 37.5 Å². The molecule has 0 amide bonds. The maximum Gasteiger partial charge on any atom is 0.225 e. The highest BCUT2D eigenvalue weighted by molar-refractivity contribution is 9.10. The van der Waals surface area contributed by atoms with Crippen LogP contribution in [-0.4, -0.2) is 22.6 Å². The Morgan fingerprint density at radius 3 is 2.73 bits per heavy atom. The summed E-state index contributed by atoms with van der Waals surface area (Å²) in [6, 6.07) is 9.01. The van der Waals surface area contributed by atoms with Crippen LogP contribution in [0.5, 0.6) is 0 Å². The summed E-state index contributed by atoms with van der Waals surface area (Å²) < 4.78 is 1.08. The molecule has 4 rings (SSSR count). The van der Waals surface area contributed by atoms with E-state index >= 15 is 0 Å². The van der Waals surface area contributed by atoms with Gasteiger partial charge in [-0.3, -0.25) is 0 Å². The lowest BCUT2D eigenvalue weighted by atomic mass is 9.98. The molecule has 1 aromatic carbocycles. The first-order valence-electron chi connectivity index (χ1n) is 9.07. The van der Waals surface area contributed by atoms with Crippen LogP contribution in [0.15, 0.2) is 28.7 Å². The van der Waals surface area contributed by atoms with Crippen LogP contribution >= 0.6 is 38.9 Å². The van der Waals surface area contributed by atoms with E-state index in [-0.39, 0.29) is 0 Å². The summed E-state index contributed by atoms with van der Waals surface area (Å²) in [5, 5.41) is 1.50. The molecule has 26 heavy (non-hydrogen) atoms. The van der Waals surface area contributed by atoms with Gasteiger partial charge in [-0.15, -0.1) is 11.3 Å². The first-order chi connectivity index (χ1) is 12.6. The number of thiophene rings is 1. The maximum absolute atomic E-state index is 6.31. The van der Waals surface area contributed by atoms with Gasteiger partial charge in [0.05, 0.1) is 5.39 Å². The van der Waals surface area contributed by atoms with Crippen LogP contribution in [0.2, 0.25) is 5.28 Å². The highest BCUT2D eigenvalue weighted by atomic mass is 79.9. The molecule has 3 nitrogen and oxygen atoms in total. The highest BCUT2D eigenvalue weighted by Gasteiger charge is 2.27. The van der Waals surface area contributed by atoms with E-state index in [2.05, 4.69) is 63.9 Å². The Hall–Kier alpha value is -1.17. The van der Waals surface area contributed by atoms with Crippen molar-refractivity contribution in [2.24, 2.45) is 0 Å². The van der Waals surface area contributed by atoms with Gasteiger partial charge in [0.15, 0.2) is 0 Å². The van der Waals surface area contributed by atoms with E-state index < -0.39 is 0 Å². The second-order valence-electron chi connectivity index (χ2n) is 6.79. The van der Waals surface area contributed by atoms with E-state index in [1.165, 1.54) is 35.3 Å². The molecular formula is C20H21BrClN3S. The molecule has 1 aliphatic heterocycles. The summed E-state index contributed by atoms with van der Waals surface area (Å²) >= 11 is 11.6. The number of aryl methyl sites for hydroxylation is 1. The van der Waals surface area contributed by atoms with Crippen molar-refractivity contribution in [1.29, 1.82) is 0 Å². The molecule has 0 saturated carbocycles. The van der Waals surface area contributed by atoms with Crippen molar-refractivity contribution in [3.63, 3.8) is 0 Å². The van der Waals surface area contributed by atoms with Crippen molar-refractivity contribution in [2.75, 3.05) is 11.4 Å². The number of hydrogen-bond donors (Lipinski definition) is 0. The smallest absolute Gasteiger partial charge is 0.225 e. The molecule has 6 heteroatoms.